The van der Waals surface area contributed by atoms with Crippen molar-refractivity contribution in [2.24, 2.45) is 0 Å². The average molecular weight is 330 g/mol. The van der Waals surface area contributed by atoms with Gasteiger partial charge in [0.1, 0.15) is 6.10 Å². The Kier molecular flexibility index (Phi) is 7.29. The Balaban J connectivity index is 1.82. The quantitative estimate of drug-likeness (QED) is 0.659. The highest BCUT2D eigenvalue weighted by Gasteiger charge is 2.40. The summed E-state index contributed by atoms with van der Waals surface area (Å²) in [6.07, 6.45) is 5.64. The van der Waals surface area contributed by atoms with Gasteiger partial charge in [-0.2, -0.15) is 0 Å². The number of unbranched alkanes of at least 4 members (excludes halogenated alkanes) is 2. The first-order valence-electron chi connectivity index (χ1n) is 9.22. The summed E-state index contributed by atoms with van der Waals surface area (Å²) >= 11 is 0. The summed E-state index contributed by atoms with van der Waals surface area (Å²) in [4.78, 5) is 0. The lowest BCUT2D eigenvalue weighted by molar-refractivity contribution is -0.149. The first kappa shape index (κ1) is 19.1. The third-order valence-electron chi connectivity index (χ3n) is 4.73. The van der Waals surface area contributed by atoms with Crippen molar-refractivity contribution in [3.8, 4) is 0 Å². The molecule has 5 atom stereocenters. The number of aliphatic hydroxyl groups is 1. The fourth-order valence-corrected chi connectivity index (χ4v) is 3.36. The second kappa shape index (κ2) is 8.77. The number of hydrogen-bond acceptors (Lipinski definition) is 5. The monoisotopic (exact) mass is 330 g/mol. The Morgan fingerprint density at radius 1 is 1.26 bits per heavy atom. The molecule has 2 heterocycles. The summed E-state index contributed by atoms with van der Waals surface area (Å²) in [5.41, 5.74) is 0. The van der Waals surface area contributed by atoms with Gasteiger partial charge in [-0.05, 0) is 26.7 Å². The molecular formula is C18H34O5. The van der Waals surface area contributed by atoms with E-state index >= 15 is 0 Å². The van der Waals surface area contributed by atoms with Crippen molar-refractivity contribution < 1.29 is 24.1 Å². The lowest BCUT2D eigenvalue weighted by Gasteiger charge is -2.21. The van der Waals surface area contributed by atoms with Crippen molar-refractivity contribution in [2.45, 2.75) is 103 Å². The second-order valence-corrected chi connectivity index (χ2v) is 7.24. The van der Waals surface area contributed by atoms with Gasteiger partial charge in [0.05, 0.1) is 37.6 Å². The van der Waals surface area contributed by atoms with E-state index in [0.717, 1.165) is 19.3 Å². The molecule has 0 amide bonds. The number of rotatable bonds is 9. The van der Waals surface area contributed by atoms with Crippen LogP contribution in [0.3, 0.4) is 0 Å². The molecular weight excluding hydrogens is 296 g/mol. The van der Waals surface area contributed by atoms with E-state index < -0.39 is 11.9 Å². The van der Waals surface area contributed by atoms with Gasteiger partial charge in [-0.15, -0.1) is 0 Å². The van der Waals surface area contributed by atoms with Crippen molar-refractivity contribution in [3.63, 3.8) is 0 Å². The molecule has 2 aliphatic heterocycles. The Bertz CT molecular complexity index is 346. The molecule has 0 aromatic heterocycles. The summed E-state index contributed by atoms with van der Waals surface area (Å²) in [7, 11) is 0. The zero-order valence-electron chi connectivity index (χ0n) is 15.1. The van der Waals surface area contributed by atoms with Crippen LogP contribution in [0.4, 0.5) is 0 Å². The van der Waals surface area contributed by atoms with Crippen LogP contribution in [0.25, 0.3) is 0 Å². The van der Waals surface area contributed by atoms with E-state index in [1.54, 1.807) is 0 Å². The molecule has 1 N–H and O–H groups in total. The van der Waals surface area contributed by atoms with Crippen molar-refractivity contribution in [1.82, 2.24) is 0 Å². The fraction of sp³-hybridized carbons (Fsp3) is 1.00. The predicted octanol–water partition coefficient (Wildman–Crippen LogP) is 3.03. The summed E-state index contributed by atoms with van der Waals surface area (Å²) in [6.45, 7) is 9.13. The van der Waals surface area contributed by atoms with Crippen LogP contribution in [0.2, 0.25) is 0 Å². The average Bonchev–Trinajstić information content (AvgIpc) is 3.08. The maximum absolute atomic E-state index is 10.1. The minimum Gasteiger partial charge on any atom is -0.390 e. The van der Waals surface area contributed by atoms with E-state index in [1.807, 2.05) is 20.8 Å². The molecule has 5 heteroatoms. The van der Waals surface area contributed by atoms with Crippen molar-refractivity contribution in [2.75, 3.05) is 13.2 Å². The second-order valence-electron chi connectivity index (χ2n) is 7.24. The molecule has 2 aliphatic rings. The van der Waals surface area contributed by atoms with Gasteiger partial charge in [0.2, 0.25) is 0 Å². The van der Waals surface area contributed by atoms with Gasteiger partial charge in [-0.1, -0.05) is 33.1 Å². The molecule has 136 valence electrons. The number of hydrogen-bond donors (Lipinski definition) is 1. The van der Waals surface area contributed by atoms with Gasteiger partial charge < -0.3 is 24.1 Å². The fourth-order valence-electron chi connectivity index (χ4n) is 3.36. The van der Waals surface area contributed by atoms with Crippen LogP contribution in [-0.4, -0.2) is 54.6 Å². The zero-order chi connectivity index (χ0) is 16.9. The Labute approximate surface area is 140 Å². The van der Waals surface area contributed by atoms with Crippen LogP contribution in [0, 0.1) is 0 Å². The van der Waals surface area contributed by atoms with Gasteiger partial charge in [0.25, 0.3) is 0 Å². The smallest absolute Gasteiger partial charge is 0.163 e. The molecule has 0 bridgehead atoms. The predicted molar refractivity (Wildman–Crippen MR) is 88.4 cm³/mol. The first-order chi connectivity index (χ1) is 10.9. The lowest BCUT2D eigenvalue weighted by atomic mass is 10.0. The topological polar surface area (TPSA) is 57.2 Å². The van der Waals surface area contributed by atoms with Gasteiger partial charge in [0.15, 0.2) is 5.79 Å². The largest absolute Gasteiger partial charge is 0.390 e. The number of aliphatic hydroxyl groups excluding tert-OH is 1. The minimum atomic E-state index is -0.512. The van der Waals surface area contributed by atoms with Gasteiger partial charge >= 0.3 is 0 Å². The molecule has 0 saturated carbocycles. The van der Waals surface area contributed by atoms with Crippen molar-refractivity contribution >= 4 is 0 Å². The highest BCUT2D eigenvalue weighted by molar-refractivity contribution is 4.87. The molecule has 5 nitrogen and oxygen atoms in total. The minimum absolute atomic E-state index is 0.0172. The molecule has 23 heavy (non-hydrogen) atoms. The standard InChI is InChI=1S/C18H34O5/c1-5-7-8-9-15-17(10-16(22-15)14(19)6-2)20-11-13-12-21-18(3,4)23-13/h13-17,19H,5-12H2,1-4H3. The van der Waals surface area contributed by atoms with E-state index in [9.17, 15) is 5.11 Å². The Morgan fingerprint density at radius 3 is 2.65 bits per heavy atom. The van der Waals surface area contributed by atoms with Crippen LogP contribution in [0.1, 0.15) is 66.2 Å². The molecule has 2 rings (SSSR count). The first-order valence-corrected chi connectivity index (χ1v) is 9.22. The third-order valence-corrected chi connectivity index (χ3v) is 4.73. The SMILES string of the molecule is CCCCCC1OC(C(O)CC)CC1OCC1COC(C)(C)O1. The van der Waals surface area contributed by atoms with E-state index in [-0.39, 0.29) is 24.4 Å². The van der Waals surface area contributed by atoms with E-state index in [1.165, 1.54) is 12.8 Å². The van der Waals surface area contributed by atoms with Gasteiger partial charge in [-0.25, -0.2) is 0 Å². The summed E-state index contributed by atoms with van der Waals surface area (Å²) in [5.74, 6) is -0.512. The molecule has 5 unspecified atom stereocenters. The maximum atomic E-state index is 10.1. The van der Waals surface area contributed by atoms with Crippen molar-refractivity contribution in [3.05, 3.63) is 0 Å². The molecule has 2 saturated heterocycles. The van der Waals surface area contributed by atoms with Crippen LogP contribution >= 0.6 is 0 Å². The maximum Gasteiger partial charge on any atom is 0.163 e. The molecule has 0 radical (unpaired) electrons. The third kappa shape index (κ3) is 5.68. The van der Waals surface area contributed by atoms with E-state index in [0.29, 0.717) is 19.6 Å². The Morgan fingerprint density at radius 2 is 2.04 bits per heavy atom. The Hall–Kier alpha value is -0.200. The summed E-state index contributed by atoms with van der Waals surface area (Å²) in [6, 6.07) is 0. The molecule has 0 spiro atoms. The van der Waals surface area contributed by atoms with Crippen LogP contribution in [0.15, 0.2) is 0 Å². The molecule has 0 aromatic rings. The number of ether oxygens (including phenoxy) is 4. The molecule has 0 aromatic carbocycles. The van der Waals surface area contributed by atoms with Gasteiger partial charge in [-0.3, -0.25) is 0 Å². The lowest BCUT2D eigenvalue weighted by Crippen LogP contribution is -2.30. The molecule has 2 fully saturated rings. The van der Waals surface area contributed by atoms with Crippen molar-refractivity contribution in [1.29, 1.82) is 0 Å². The molecule has 0 aliphatic carbocycles. The highest BCUT2D eigenvalue weighted by Crippen LogP contribution is 2.31. The summed E-state index contributed by atoms with van der Waals surface area (Å²) < 4.78 is 23.6. The summed E-state index contributed by atoms with van der Waals surface area (Å²) in [5, 5.41) is 10.1. The van der Waals surface area contributed by atoms with Crippen LogP contribution in [0.5, 0.6) is 0 Å². The van der Waals surface area contributed by atoms with Crippen LogP contribution in [-0.2, 0) is 18.9 Å². The van der Waals surface area contributed by atoms with Gasteiger partial charge in [0, 0.05) is 6.42 Å². The zero-order valence-corrected chi connectivity index (χ0v) is 15.1. The normalized spacial score (nSPS) is 34.8. The highest BCUT2D eigenvalue weighted by atomic mass is 16.7. The van der Waals surface area contributed by atoms with E-state index in [4.69, 9.17) is 18.9 Å². The van der Waals surface area contributed by atoms with E-state index in [2.05, 4.69) is 6.92 Å². The van der Waals surface area contributed by atoms with Crippen LogP contribution < -0.4 is 0 Å².